The Morgan fingerprint density at radius 1 is 0.533 bits per heavy atom. The van der Waals surface area contributed by atoms with Crippen LogP contribution in [0, 0.1) is 0 Å². The van der Waals surface area contributed by atoms with Crippen LogP contribution in [0.3, 0.4) is 0 Å². The van der Waals surface area contributed by atoms with Crippen molar-refractivity contribution in [1.82, 2.24) is 0 Å². The number of unbranched alkanes of at least 4 members (excludes halogenated alkanes) is 14. The van der Waals surface area contributed by atoms with E-state index in [1.807, 2.05) is 18.2 Å². The van der Waals surface area contributed by atoms with Gasteiger partial charge in [0.1, 0.15) is 11.5 Å². The van der Waals surface area contributed by atoms with Crippen LogP contribution in [0.25, 0.3) is 0 Å². The molecule has 0 heterocycles. The van der Waals surface area contributed by atoms with Crippen molar-refractivity contribution in [2.45, 2.75) is 123 Å². The van der Waals surface area contributed by atoms with E-state index in [1.54, 1.807) is 0 Å². The van der Waals surface area contributed by atoms with E-state index >= 15 is 0 Å². The molecule has 3 nitrogen and oxygen atoms in total. The van der Waals surface area contributed by atoms with Gasteiger partial charge in [0.2, 0.25) is 0 Å². The first kappa shape index (κ1) is 26.8. The molecule has 0 bridgehead atoms. The van der Waals surface area contributed by atoms with Gasteiger partial charge in [-0.15, -0.1) is 0 Å². The van der Waals surface area contributed by atoms with E-state index in [4.69, 9.17) is 15.2 Å². The molecule has 0 aliphatic carbocycles. The maximum atomic E-state index is 5.99. The van der Waals surface area contributed by atoms with Crippen LogP contribution in [-0.4, -0.2) is 13.2 Å². The van der Waals surface area contributed by atoms with Gasteiger partial charge in [-0.1, -0.05) is 104 Å². The highest BCUT2D eigenvalue weighted by Gasteiger charge is 2.03. The number of ether oxygens (including phenoxy) is 2. The van der Waals surface area contributed by atoms with E-state index < -0.39 is 0 Å². The average molecular weight is 420 g/mol. The zero-order chi connectivity index (χ0) is 21.7. The Morgan fingerprint density at radius 3 is 1.27 bits per heavy atom. The lowest BCUT2D eigenvalue weighted by molar-refractivity contribution is 0.289. The first-order valence-electron chi connectivity index (χ1n) is 12.9. The SMILES string of the molecule is CCCCCCCCCCOc1cc(CN)cc(OCCCCCCCCCC)c1. The molecule has 0 aliphatic rings. The van der Waals surface area contributed by atoms with Gasteiger partial charge >= 0.3 is 0 Å². The van der Waals surface area contributed by atoms with Crippen molar-refractivity contribution in [2.24, 2.45) is 5.73 Å². The van der Waals surface area contributed by atoms with Crippen molar-refractivity contribution < 1.29 is 9.47 Å². The molecule has 0 atom stereocenters. The van der Waals surface area contributed by atoms with Gasteiger partial charge in [0.05, 0.1) is 13.2 Å². The summed E-state index contributed by atoms with van der Waals surface area (Å²) in [4.78, 5) is 0. The fourth-order valence-electron chi connectivity index (χ4n) is 3.77. The first-order valence-corrected chi connectivity index (χ1v) is 12.9. The Balaban J connectivity index is 2.17. The molecule has 0 amide bonds. The predicted octanol–water partition coefficient (Wildman–Crippen LogP) is 8.18. The van der Waals surface area contributed by atoms with Gasteiger partial charge in [-0.05, 0) is 30.5 Å². The summed E-state index contributed by atoms with van der Waals surface area (Å²) in [5, 5.41) is 0. The van der Waals surface area contributed by atoms with Crippen molar-refractivity contribution in [3.63, 3.8) is 0 Å². The van der Waals surface area contributed by atoms with Crippen molar-refractivity contribution in [1.29, 1.82) is 0 Å². The molecule has 1 aromatic carbocycles. The topological polar surface area (TPSA) is 44.5 Å². The average Bonchev–Trinajstić information content (AvgIpc) is 2.76. The summed E-state index contributed by atoms with van der Waals surface area (Å²) in [5.41, 5.74) is 6.94. The summed E-state index contributed by atoms with van der Waals surface area (Å²) in [6, 6.07) is 6.12. The van der Waals surface area contributed by atoms with E-state index in [1.165, 1.54) is 89.9 Å². The second-order valence-electron chi connectivity index (χ2n) is 8.66. The van der Waals surface area contributed by atoms with Crippen LogP contribution in [0.5, 0.6) is 11.5 Å². The van der Waals surface area contributed by atoms with Gasteiger partial charge in [-0.25, -0.2) is 0 Å². The maximum absolute atomic E-state index is 5.99. The van der Waals surface area contributed by atoms with Crippen molar-refractivity contribution in [3.8, 4) is 11.5 Å². The van der Waals surface area contributed by atoms with E-state index in [0.717, 1.165) is 43.1 Å². The predicted molar refractivity (Wildman–Crippen MR) is 131 cm³/mol. The Bertz CT molecular complexity index is 463. The second kappa shape index (κ2) is 19.7. The van der Waals surface area contributed by atoms with E-state index in [-0.39, 0.29) is 0 Å². The largest absolute Gasteiger partial charge is 0.493 e. The Hall–Kier alpha value is -1.22. The van der Waals surface area contributed by atoms with Crippen LogP contribution >= 0.6 is 0 Å². The van der Waals surface area contributed by atoms with Crippen molar-refractivity contribution >= 4 is 0 Å². The third kappa shape index (κ3) is 14.7. The molecule has 0 aromatic heterocycles. The molecule has 1 rings (SSSR count). The molecule has 0 saturated heterocycles. The summed E-state index contributed by atoms with van der Waals surface area (Å²) in [6.07, 6.45) is 21.1. The number of hydrogen-bond acceptors (Lipinski definition) is 3. The summed E-state index contributed by atoms with van der Waals surface area (Å²) < 4.78 is 12.0. The molecule has 0 saturated carbocycles. The third-order valence-corrected chi connectivity index (χ3v) is 5.71. The molecular formula is C27H49NO2. The summed E-state index contributed by atoms with van der Waals surface area (Å²) in [5.74, 6) is 1.79. The van der Waals surface area contributed by atoms with Gasteiger partial charge in [0, 0.05) is 12.6 Å². The van der Waals surface area contributed by atoms with E-state index in [0.29, 0.717) is 6.54 Å². The minimum Gasteiger partial charge on any atom is -0.493 e. The number of hydrogen-bond donors (Lipinski definition) is 1. The standard InChI is InChI=1S/C27H49NO2/c1-3-5-7-9-11-13-15-17-19-29-26-21-25(24-28)22-27(23-26)30-20-18-16-14-12-10-8-6-4-2/h21-23H,3-20,24,28H2,1-2H3. The Labute approximate surface area is 187 Å². The number of benzene rings is 1. The van der Waals surface area contributed by atoms with Crippen molar-refractivity contribution in [3.05, 3.63) is 23.8 Å². The molecule has 0 unspecified atom stereocenters. The molecule has 1 aromatic rings. The smallest absolute Gasteiger partial charge is 0.123 e. The van der Waals surface area contributed by atoms with Crippen LogP contribution in [0.1, 0.15) is 122 Å². The number of rotatable bonds is 21. The molecule has 0 fully saturated rings. The molecule has 3 heteroatoms. The normalized spacial score (nSPS) is 11.0. The fraction of sp³-hybridized carbons (Fsp3) is 0.778. The highest BCUT2D eigenvalue weighted by atomic mass is 16.5. The van der Waals surface area contributed by atoms with Gasteiger partial charge in [0.25, 0.3) is 0 Å². The van der Waals surface area contributed by atoms with E-state index in [9.17, 15) is 0 Å². The second-order valence-corrected chi connectivity index (χ2v) is 8.66. The molecule has 2 N–H and O–H groups in total. The Kier molecular flexibility index (Phi) is 17.6. The van der Waals surface area contributed by atoms with Crippen LogP contribution in [-0.2, 0) is 6.54 Å². The van der Waals surface area contributed by atoms with Crippen molar-refractivity contribution in [2.75, 3.05) is 13.2 Å². The Morgan fingerprint density at radius 2 is 0.900 bits per heavy atom. The van der Waals surface area contributed by atoms with Crippen LogP contribution in [0.2, 0.25) is 0 Å². The highest BCUT2D eigenvalue weighted by molar-refractivity contribution is 5.38. The molecule has 0 spiro atoms. The van der Waals surface area contributed by atoms with Gasteiger partial charge < -0.3 is 15.2 Å². The summed E-state index contributed by atoms with van der Waals surface area (Å²) in [6.45, 7) is 6.61. The monoisotopic (exact) mass is 419 g/mol. The molecule has 30 heavy (non-hydrogen) atoms. The molecular weight excluding hydrogens is 370 g/mol. The zero-order valence-corrected chi connectivity index (χ0v) is 20.1. The van der Waals surface area contributed by atoms with Gasteiger partial charge in [0.15, 0.2) is 0 Å². The van der Waals surface area contributed by atoms with Crippen LogP contribution in [0.15, 0.2) is 18.2 Å². The lowest BCUT2D eigenvalue weighted by Crippen LogP contribution is -2.03. The van der Waals surface area contributed by atoms with Gasteiger partial charge in [-0.2, -0.15) is 0 Å². The lowest BCUT2D eigenvalue weighted by Gasteiger charge is -2.12. The third-order valence-electron chi connectivity index (χ3n) is 5.71. The minimum atomic E-state index is 0.517. The zero-order valence-electron chi connectivity index (χ0n) is 20.1. The molecule has 0 aliphatic heterocycles. The highest BCUT2D eigenvalue weighted by Crippen LogP contribution is 2.24. The van der Waals surface area contributed by atoms with Crippen LogP contribution < -0.4 is 15.2 Å². The molecule has 174 valence electrons. The van der Waals surface area contributed by atoms with Gasteiger partial charge in [-0.3, -0.25) is 0 Å². The fourth-order valence-corrected chi connectivity index (χ4v) is 3.77. The first-order chi connectivity index (χ1) is 14.8. The quantitative estimate of drug-likeness (QED) is 0.204. The van der Waals surface area contributed by atoms with Crippen LogP contribution in [0.4, 0.5) is 0 Å². The summed E-state index contributed by atoms with van der Waals surface area (Å²) in [7, 11) is 0. The minimum absolute atomic E-state index is 0.517. The summed E-state index contributed by atoms with van der Waals surface area (Å²) >= 11 is 0. The molecule has 0 radical (unpaired) electrons. The number of nitrogens with two attached hydrogens (primary N) is 1. The van der Waals surface area contributed by atoms with E-state index in [2.05, 4.69) is 13.8 Å². The lowest BCUT2D eigenvalue weighted by atomic mass is 10.1. The maximum Gasteiger partial charge on any atom is 0.123 e.